The van der Waals surface area contributed by atoms with Crippen LogP contribution in [0.5, 0.6) is 0 Å². The van der Waals surface area contributed by atoms with E-state index < -0.39 is 6.09 Å². The molecule has 15 heavy (non-hydrogen) atoms. The number of hydrogen-bond acceptors (Lipinski definition) is 3. The molecule has 2 N–H and O–H groups in total. The smallest absolute Gasteiger partial charge is 0.411 e. The average molecular weight is 229 g/mol. The Hall–Kier alpha value is -1.26. The second-order valence-corrected chi connectivity index (χ2v) is 3.20. The molecule has 4 nitrogen and oxygen atoms in total. The summed E-state index contributed by atoms with van der Waals surface area (Å²) in [4.78, 5) is 10.9. The summed E-state index contributed by atoms with van der Waals surface area (Å²) in [6.45, 7) is 1.78. The van der Waals surface area contributed by atoms with Crippen LogP contribution in [-0.4, -0.2) is 13.2 Å². The van der Waals surface area contributed by atoms with Gasteiger partial charge in [-0.15, -0.1) is 12.4 Å². The number of ether oxygens (including phenoxy) is 1. The van der Waals surface area contributed by atoms with Gasteiger partial charge in [-0.1, -0.05) is 6.07 Å². The third-order valence-corrected chi connectivity index (χ3v) is 2.27. The molecular formula is C10H13ClN2O2. The Balaban J connectivity index is 0.00000112. The predicted molar refractivity (Wildman–Crippen MR) is 60.3 cm³/mol. The first-order valence-corrected chi connectivity index (χ1v) is 4.47. The van der Waals surface area contributed by atoms with Crippen LogP contribution in [0.25, 0.3) is 0 Å². The first-order chi connectivity index (χ1) is 6.79. The summed E-state index contributed by atoms with van der Waals surface area (Å²) in [5, 5.41) is 5.87. The fraction of sp³-hybridized carbons (Fsp3) is 0.300. The molecule has 1 aromatic carbocycles. The van der Waals surface area contributed by atoms with Crippen LogP contribution >= 0.6 is 12.4 Å². The largest absolute Gasteiger partial charge is 0.453 e. The van der Waals surface area contributed by atoms with Gasteiger partial charge in [-0.2, -0.15) is 0 Å². The maximum Gasteiger partial charge on any atom is 0.411 e. The molecule has 0 bridgehead atoms. The van der Waals surface area contributed by atoms with Crippen LogP contribution in [0.1, 0.15) is 11.1 Å². The van der Waals surface area contributed by atoms with Gasteiger partial charge in [-0.3, -0.25) is 5.32 Å². The van der Waals surface area contributed by atoms with Crippen LogP contribution in [0.2, 0.25) is 0 Å². The van der Waals surface area contributed by atoms with Crippen LogP contribution < -0.4 is 10.6 Å². The number of rotatable bonds is 1. The fourth-order valence-electron chi connectivity index (χ4n) is 1.54. The van der Waals surface area contributed by atoms with Crippen molar-refractivity contribution in [2.45, 2.75) is 13.1 Å². The summed E-state index contributed by atoms with van der Waals surface area (Å²) in [6, 6.07) is 5.86. The van der Waals surface area contributed by atoms with Crippen LogP contribution in [0, 0.1) is 0 Å². The van der Waals surface area contributed by atoms with E-state index in [1.165, 1.54) is 18.2 Å². The first-order valence-electron chi connectivity index (χ1n) is 4.47. The summed E-state index contributed by atoms with van der Waals surface area (Å²) < 4.78 is 4.51. The number of carbonyl (C=O) groups is 1. The second-order valence-electron chi connectivity index (χ2n) is 3.20. The fourth-order valence-corrected chi connectivity index (χ4v) is 1.54. The molecule has 0 aromatic heterocycles. The third-order valence-electron chi connectivity index (χ3n) is 2.27. The summed E-state index contributed by atoms with van der Waals surface area (Å²) in [6.07, 6.45) is -0.434. The molecule has 0 atom stereocenters. The van der Waals surface area contributed by atoms with Gasteiger partial charge in [-0.05, 0) is 23.3 Å². The van der Waals surface area contributed by atoms with Crippen LogP contribution in [-0.2, 0) is 17.8 Å². The molecular weight excluding hydrogens is 216 g/mol. The number of fused-ring (bicyclic) bond motifs is 1. The molecule has 0 radical (unpaired) electrons. The van der Waals surface area contributed by atoms with Crippen LogP contribution in [0.15, 0.2) is 18.2 Å². The normalized spacial score (nSPS) is 12.6. The van der Waals surface area contributed by atoms with E-state index in [0.717, 1.165) is 18.8 Å². The van der Waals surface area contributed by atoms with Crippen LogP contribution in [0.3, 0.4) is 0 Å². The Bertz CT molecular complexity index is 368. The SMILES string of the molecule is COC(=O)Nc1ccc2c(c1)CNC2.Cl. The summed E-state index contributed by atoms with van der Waals surface area (Å²) in [5.41, 5.74) is 3.30. The Morgan fingerprint density at radius 1 is 1.40 bits per heavy atom. The van der Waals surface area contributed by atoms with Crippen molar-refractivity contribution in [3.8, 4) is 0 Å². The Labute approximate surface area is 94.4 Å². The molecule has 5 heteroatoms. The highest BCUT2D eigenvalue weighted by atomic mass is 35.5. The molecule has 1 amide bonds. The van der Waals surface area contributed by atoms with E-state index in [4.69, 9.17) is 0 Å². The number of benzene rings is 1. The molecule has 0 saturated heterocycles. The van der Waals surface area contributed by atoms with Crippen molar-refractivity contribution in [3.63, 3.8) is 0 Å². The molecule has 0 fully saturated rings. The number of halogens is 1. The zero-order chi connectivity index (χ0) is 9.97. The average Bonchev–Trinajstić information content (AvgIpc) is 2.64. The highest BCUT2D eigenvalue weighted by Gasteiger charge is 2.10. The van der Waals surface area contributed by atoms with Crippen molar-refractivity contribution in [1.29, 1.82) is 0 Å². The van der Waals surface area contributed by atoms with E-state index in [1.54, 1.807) is 0 Å². The highest BCUT2D eigenvalue weighted by molar-refractivity contribution is 5.85. The quantitative estimate of drug-likeness (QED) is 0.772. The molecule has 1 heterocycles. The van der Waals surface area contributed by atoms with E-state index in [0.29, 0.717) is 0 Å². The predicted octanol–water partition coefficient (Wildman–Crippen LogP) is 1.89. The van der Waals surface area contributed by atoms with Gasteiger partial charge < -0.3 is 10.1 Å². The summed E-state index contributed by atoms with van der Waals surface area (Å²) >= 11 is 0. The number of hydrogen-bond donors (Lipinski definition) is 2. The van der Waals surface area contributed by atoms with E-state index in [2.05, 4.69) is 15.4 Å². The molecule has 0 spiro atoms. The van der Waals surface area contributed by atoms with E-state index >= 15 is 0 Å². The molecule has 0 unspecified atom stereocenters. The molecule has 2 rings (SSSR count). The Morgan fingerprint density at radius 2 is 2.13 bits per heavy atom. The van der Waals surface area contributed by atoms with E-state index in [9.17, 15) is 4.79 Å². The molecule has 82 valence electrons. The lowest BCUT2D eigenvalue weighted by molar-refractivity contribution is 0.187. The van der Waals surface area contributed by atoms with Gasteiger partial charge in [0.2, 0.25) is 0 Å². The maximum atomic E-state index is 10.9. The van der Waals surface area contributed by atoms with Crippen molar-refractivity contribution in [3.05, 3.63) is 29.3 Å². The first kappa shape index (κ1) is 11.8. The van der Waals surface area contributed by atoms with Gasteiger partial charge in [0, 0.05) is 18.8 Å². The number of nitrogens with one attached hydrogen (secondary N) is 2. The number of anilines is 1. The van der Waals surface area contributed by atoms with Gasteiger partial charge >= 0.3 is 6.09 Å². The Morgan fingerprint density at radius 3 is 2.87 bits per heavy atom. The lowest BCUT2D eigenvalue weighted by Gasteiger charge is -2.05. The maximum absolute atomic E-state index is 10.9. The van der Waals surface area contributed by atoms with Crippen LogP contribution in [0.4, 0.5) is 10.5 Å². The molecule has 1 aliphatic heterocycles. The lowest BCUT2D eigenvalue weighted by Crippen LogP contribution is -2.11. The summed E-state index contributed by atoms with van der Waals surface area (Å²) in [5.74, 6) is 0. The minimum atomic E-state index is -0.434. The van der Waals surface area contributed by atoms with Gasteiger partial charge in [0.25, 0.3) is 0 Å². The van der Waals surface area contributed by atoms with Crippen molar-refractivity contribution in [1.82, 2.24) is 5.32 Å². The topological polar surface area (TPSA) is 50.4 Å². The number of carbonyl (C=O) groups excluding carboxylic acids is 1. The van der Waals surface area contributed by atoms with Crippen molar-refractivity contribution in [2.24, 2.45) is 0 Å². The monoisotopic (exact) mass is 228 g/mol. The van der Waals surface area contributed by atoms with E-state index in [-0.39, 0.29) is 12.4 Å². The van der Waals surface area contributed by atoms with Gasteiger partial charge in [0.15, 0.2) is 0 Å². The number of methoxy groups -OCH3 is 1. The van der Waals surface area contributed by atoms with Crippen molar-refractivity contribution in [2.75, 3.05) is 12.4 Å². The number of amides is 1. The van der Waals surface area contributed by atoms with Crippen molar-refractivity contribution < 1.29 is 9.53 Å². The molecule has 1 aliphatic rings. The molecule has 0 aliphatic carbocycles. The van der Waals surface area contributed by atoms with Gasteiger partial charge in [0.05, 0.1) is 7.11 Å². The summed E-state index contributed by atoms with van der Waals surface area (Å²) in [7, 11) is 1.35. The molecule has 1 aromatic rings. The zero-order valence-electron chi connectivity index (χ0n) is 8.37. The zero-order valence-corrected chi connectivity index (χ0v) is 9.19. The second kappa shape index (κ2) is 5.00. The van der Waals surface area contributed by atoms with Gasteiger partial charge in [0.1, 0.15) is 0 Å². The highest BCUT2D eigenvalue weighted by Crippen LogP contribution is 2.19. The standard InChI is InChI=1S/C10H12N2O2.ClH/c1-14-10(13)12-9-3-2-7-5-11-6-8(7)4-9;/h2-4,11H,5-6H2,1H3,(H,12,13);1H. The lowest BCUT2D eigenvalue weighted by atomic mass is 10.1. The Kier molecular flexibility index (Phi) is 3.94. The molecule has 0 saturated carbocycles. The van der Waals surface area contributed by atoms with Gasteiger partial charge in [-0.25, -0.2) is 4.79 Å². The minimum Gasteiger partial charge on any atom is -0.453 e. The minimum absolute atomic E-state index is 0. The van der Waals surface area contributed by atoms with Crippen molar-refractivity contribution >= 4 is 24.2 Å². The third kappa shape index (κ3) is 2.61. The van der Waals surface area contributed by atoms with E-state index in [1.807, 2.05) is 18.2 Å².